The van der Waals surface area contributed by atoms with Crippen molar-refractivity contribution >= 4 is 46.6 Å². The number of thioether (sulfide) groups is 1. The minimum Gasteiger partial charge on any atom is -0.342 e. The second-order valence-corrected chi connectivity index (χ2v) is 10.2. The van der Waals surface area contributed by atoms with Crippen molar-refractivity contribution < 1.29 is 9.72 Å². The zero-order chi connectivity index (χ0) is 26.7. The third kappa shape index (κ3) is 5.95. The molecule has 0 aliphatic heterocycles. The minimum atomic E-state index is -0.597. The van der Waals surface area contributed by atoms with E-state index in [0.29, 0.717) is 38.0 Å². The summed E-state index contributed by atoms with van der Waals surface area (Å²) >= 11 is 14.2. The summed E-state index contributed by atoms with van der Waals surface area (Å²) < 4.78 is 1.80. The number of hydrogen-bond acceptors (Lipinski definition) is 6. The van der Waals surface area contributed by atoms with Gasteiger partial charge in [-0.1, -0.05) is 65.3 Å². The van der Waals surface area contributed by atoms with Crippen LogP contribution in [0.3, 0.4) is 0 Å². The van der Waals surface area contributed by atoms with Gasteiger partial charge < -0.3 is 5.32 Å². The topological polar surface area (TPSA) is 103 Å². The SMILES string of the molecule is Cc1ccccc1CSc1nnc(C(C)NC(=O)c2ccc(C)c([N+](=O)[O-])c2)n1-c1ccc(Cl)cc1Cl. The molecule has 1 heterocycles. The van der Waals surface area contributed by atoms with E-state index in [4.69, 9.17) is 23.2 Å². The van der Waals surface area contributed by atoms with E-state index in [-0.39, 0.29) is 11.3 Å². The lowest BCUT2D eigenvalue weighted by molar-refractivity contribution is -0.385. The summed E-state index contributed by atoms with van der Waals surface area (Å²) in [6, 6.07) is 17.0. The van der Waals surface area contributed by atoms with E-state index in [1.165, 1.54) is 23.4 Å². The van der Waals surface area contributed by atoms with Gasteiger partial charge in [0, 0.05) is 28.0 Å². The number of hydrogen-bond donors (Lipinski definition) is 1. The maximum atomic E-state index is 13.0. The average Bonchev–Trinajstić information content (AvgIpc) is 3.27. The predicted octanol–water partition coefficient (Wildman–Crippen LogP) is 6.88. The van der Waals surface area contributed by atoms with Crippen molar-refractivity contribution in [1.29, 1.82) is 0 Å². The smallest absolute Gasteiger partial charge is 0.273 e. The molecule has 0 saturated carbocycles. The zero-order valence-electron chi connectivity index (χ0n) is 20.2. The highest BCUT2D eigenvalue weighted by atomic mass is 35.5. The molecule has 0 saturated heterocycles. The van der Waals surface area contributed by atoms with Crippen LogP contribution in [0.15, 0.2) is 65.8 Å². The molecule has 1 amide bonds. The van der Waals surface area contributed by atoms with Crippen molar-refractivity contribution in [3.8, 4) is 5.69 Å². The predicted molar refractivity (Wildman–Crippen MR) is 146 cm³/mol. The number of nitro groups is 1. The van der Waals surface area contributed by atoms with E-state index in [0.717, 1.165) is 5.56 Å². The summed E-state index contributed by atoms with van der Waals surface area (Å²) in [6.07, 6.45) is 0. The first-order valence-corrected chi connectivity index (χ1v) is 13.0. The second-order valence-electron chi connectivity index (χ2n) is 8.44. The van der Waals surface area contributed by atoms with Gasteiger partial charge in [0.1, 0.15) is 0 Å². The third-order valence-corrected chi connectivity index (χ3v) is 7.35. The Morgan fingerprint density at radius 1 is 1.08 bits per heavy atom. The van der Waals surface area contributed by atoms with Crippen LogP contribution >= 0.6 is 35.0 Å². The summed E-state index contributed by atoms with van der Waals surface area (Å²) in [5.41, 5.74) is 3.47. The fraction of sp³-hybridized carbons (Fsp3) is 0.192. The Hall–Kier alpha value is -3.40. The average molecular weight is 556 g/mol. The molecule has 0 aliphatic rings. The summed E-state index contributed by atoms with van der Waals surface area (Å²) in [4.78, 5) is 23.8. The molecular weight excluding hydrogens is 533 g/mol. The van der Waals surface area contributed by atoms with Gasteiger partial charge in [-0.05, 0) is 56.2 Å². The lowest BCUT2D eigenvalue weighted by atomic mass is 10.1. The van der Waals surface area contributed by atoms with Gasteiger partial charge in [-0.25, -0.2) is 0 Å². The summed E-state index contributed by atoms with van der Waals surface area (Å²) in [7, 11) is 0. The fourth-order valence-corrected chi connectivity index (χ4v) is 5.27. The molecular formula is C26H23Cl2N5O3S. The number of carbonyl (C=O) groups excluding carboxylic acids is 1. The van der Waals surface area contributed by atoms with Crippen molar-refractivity contribution in [3.63, 3.8) is 0 Å². The van der Waals surface area contributed by atoms with Crippen LogP contribution in [0.5, 0.6) is 0 Å². The molecule has 0 fully saturated rings. The minimum absolute atomic E-state index is 0.119. The highest BCUT2D eigenvalue weighted by Gasteiger charge is 2.24. The Morgan fingerprint density at radius 3 is 2.54 bits per heavy atom. The quantitative estimate of drug-likeness (QED) is 0.144. The van der Waals surface area contributed by atoms with E-state index in [2.05, 4.69) is 34.6 Å². The first kappa shape index (κ1) is 26.7. The molecule has 4 aromatic rings. The van der Waals surface area contributed by atoms with Gasteiger partial charge in [0.05, 0.1) is 21.7 Å². The normalized spacial score (nSPS) is 11.8. The van der Waals surface area contributed by atoms with Crippen LogP contribution in [0.2, 0.25) is 10.0 Å². The number of halogens is 2. The molecule has 11 heteroatoms. The van der Waals surface area contributed by atoms with Gasteiger partial charge >= 0.3 is 0 Å². The molecule has 1 aromatic heterocycles. The number of nitro benzene ring substituents is 1. The van der Waals surface area contributed by atoms with Crippen LogP contribution in [0, 0.1) is 24.0 Å². The second kappa shape index (κ2) is 11.3. The summed E-state index contributed by atoms with van der Waals surface area (Å²) in [6.45, 7) is 5.44. The number of rotatable bonds is 8. The Labute approximate surface area is 228 Å². The molecule has 1 N–H and O–H groups in total. The van der Waals surface area contributed by atoms with E-state index < -0.39 is 16.9 Å². The van der Waals surface area contributed by atoms with Crippen LogP contribution in [0.25, 0.3) is 5.69 Å². The van der Waals surface area contributed by atoms with Gasteiger partial charge in [-0.3, -0.25) is 19.5 Å². The Balaban J connectivity index is 1.67. The monoisotopic (exact) mass is 555 g/mol. The molecule has 190 valence electrons. The first-order valence-electron chi connectivity index (χ1n) is 11.3. The number of aromatic nitrogens is 3. The van der Waals surface area contributed by atoms with E-state index >= 15 is 0 Å². The van der Waals surface area contributed by atoms with Crippen molar-refractivity contribution in [2.45, 2.75) is 37.7 Å². The van der Waals surface area contributed by atoms with E-state index in [9.17, 15) is 14.9 Å². The van der Waals surface area contributed by atoms with Crippen molar-refractivity contribution in [2.24, 2.45) is 0 Å². The molecule has 0 aliphatic carbocycles. The Morgan fingerprint density at radius 2 is 1.84 bits per heavy atom. The molecule has 37 heavy (non-hydrogen) atoms. The van der Waals surface area contributed by atoms with Crippen LogP contribution in [-0.4, -0.2) is 25.6 Å². The fourth-order valence-electron chi connectivity index (χ4n) is 3.75. The van der Waals surface area contributed by atoms with Crippen LogP contribution in [0.4, 0.5) is 5.69 Å². The number of amides is 1. The number of nitrogens with zero attached hydrogens (tertiary/aromatic N) is 4. The van der Waals surface area contributed by atoms with Crippen LogP contribution in [0.1, 0.15) is 45.8 Å². The number of aryl methyl sites for hydroxylation is 2. The van der Waals surface area contributed by atoms with E-state index in [1.54, 1.807) is 48.7 Å². The summed E-state index contributed by atoms with van der Waals surface area (Å²) in [5, 5.41) is 24.4. The number of benzene rings is 3. The third-order valence-electron chi connectivity index (χ3n) is 5.83. The lowest BCUT2D eigenvalue weighted by Crippen LogP contribution is -2.28. The van der Waals surface area contributed by atoms with Crippen molar-refractivity contribution in [2.75, 3.05) is 0 Å². The summed E-state index contributed by atoms with van der Waals surface area (Å²) in [5.74, 6) is 0.636. The lowest BCUT2D eigenvalue weighted by Gasteiger charge is -2.17. The molecule has 0 bridgehead atoms. The van der Waals surface area contributed by atoms with Crippen LogP contribution in [-0.2, 0) is 5.75 Å². The zero-order valence-corrected chi connectivity index (χ0v) is 22.6. The molecule has 0 spiro atoms. The molecule has 8 nitrogen and oxygen atoms in total. The highest BCUT2D eigenvalue weighted by molar-refractivity contribution is 7.98. The maximum Gasteiger partial charge on any atom is 0.273 e. The molecule has 3 aromatic carbocycles. The number of carbonyl (C=O) groups is 1. The maximum absolute atomic E-state index is 13.0. The molecule has 0 radical (unpaired) electrons. The standard InChI is InChI=1S/C26H23Cl2N5O3S/c1-15-6-4-5-7-19(15)14-37-26-31-30-24(32(26)22-11-10-20(27)13-21(22)28)17(3)29-25(34)18-9-8-16(2)23(12-18)33(35)36/h4-13,17H,14H2,1-3H3,(H,29,34). The number of nitrogens with one attached hydrogen (secondary N) is 1. The highest BCUT2D eigenvalue weighted by Crippen LogP contribution is 2.33. The first-order chi connectivity index (χ1) is 17.7. The van der Waals surface area contributed by atoms with Gasteiger partial charge in [0.25, 0.3) is 11.6 Å². The van der Waals surface area contributed by atoms with E-state index in [1.807, 2.05) is 12.1 Å². The van der Waals surface area contributed by atoms with Gasteiger partial charge in [-0.2, -0.15) is 0 Å². The molecule has 4 rings (SSSR count). The Bertz CT molecular complexity index is 1490. The largest absolute Gasteiger partial charge is 0.342 e. The molecule has 1 unspecified atom stereocenters. The van der Waals surface area contributed by atoms with Crippen molar-refractivity contribution in [3.05, 3.63) is 109 Å². The van der Waals surface area contributed by atoms with Crippen LogP contribution < -0.4 is 5.32 Å². The molecule has 1 atom stereocenters. The Kier molecular flexibility index (Phi) is 8.16. The van der Waals surface area contributed by atoms with Gasteiger partial charge in [-0.15, -0.1) is 10.2 Å². The van der Waals surface area contributed by atoms with Crippen molar-refractivity contribution in [1.82, 2.24) is 20.1 Å². The van der Waals surface area contributed by atoms with Gasteiger partial charge in [0.15, 0.2) is 11.0 Å². The van der Waals surface area contributed by atoms with Gasteiger partial charge in [0.2, 0.25) is 0 Å².